The van der Waals surface area contributed by atoms with E-state index in [1.54, 1.807) is 10.9 Å². The summed E-state index contributed by atoms with van der Waals surface area (Å²) in [5, 5.41) is 11.7. The second kappa shape index (κ2) is 10.5. The van der Waals surface area contributed by atoms with Crippen LogP contribution in [0.4, 0.5) is 5.95 Å². The van der Waals surface area contributed by atoms with Gasteiger partial charge in [-0.15, -0.1) is 0 Å². The van der Waals surface area contributed by atoms with E-state index in [4.69, 9.17) is 14.7 Å². The summed E-state index contributed by atoms with van der Waals surface area (Å²) in [5.41, 5.74) is 5.08. The van der Waals surface area contributed by atoms with Crippen molar-refractivity contribution in [1.29, 1.82) is 0 Å². The molecule has 2 fully saturated rings. The van der Waals surface area contributed by atoms with Crippen molar-refractivity contribution >= 4 is 11.9 Å². The summed E-state index contributed by atoms with van der Waals surface area (Å²) < 4.78 is 7.98. The number of carbonyl (C=O) groups is 1. The first kappa shape index (κ1) is 26.1. The van der Waals surface area contributed by atoms with Crippen molar-refractivity contribution in [2.24, 2.45) is 0 Å². The summed E-state index contributed by atoms with van der Waals surface area (Å²) in [4.78, 5) is 32.1. The van der Waals surface area contributed by atoms with E-state index < -0.39 is 5.60 Å². The number of anilines is 1. The minimum absolute atomic E-state index is 0.0532. The number of carbonyl (C=O) groups excluding carboxylic acids is 1. The van der Waals surface area contributed by atoms with Gasteiger partial charge >= 0.3 is 0 Å². The maximum Gasteiger partial charge on any atom is 0.255 e. The Hall–Kier alpha value is -4.12. The lowest BCUT2D eigenvalue weighted by atomic mass is 9.87. The number of aromatic nitrogens is 7. The maximum atomic E-state index is 13.9. The van der Waals surface area contributed by atoms with Crippen LogP contribution < -0.4 is 4.90 Å². The first-order valence-corrected chi connectivity index (χ1v) is 13.8. The number of H-pyrrole nitrogens is 1. The number of nitrogens with one attached hydrogen (secondary N) is 1. The molecule has 0 bridgehead atoms. The number of piperidine rings is 1. The largest absolute Gasteiger partial charge is 0.363 e. The van der Waals surface area contributed by atoms with Crippen LogP contribution in [0.3, 0.4) is 0 Å². The number of aromatic amines is 1. The van der Waals surface area contributed by atoms with E-state index in [1.807, 2.05) is 62.3 Å². The molecule has 6 rings (SSSR count). The third kappa shape index (κ3) is 5.08. The molecule has 40 heavy (non-hydrogen) atoms. The van der Waals surface area contributed by atoms with E-state index in [9.17, 15) is 4.79 Å². The molecule has 1 atom stereocenters. The van der Waals surface area contributed by atoms with Crippen molar-refractivity contribution in [1.82, 2.24) is 39.8 Å². The van der Waals surface area contributed by atoms with Gasteiger partial charge in [0.1, 0.15) is 5.60 Å². The topological polar surface area (TPSA) is 118 Å². The molecule has 0 saturated carbocycles. The van der Waals surface area contributed by atoms with Crippen molar-refractivity contribution in [3.8, 4) is 5.82 Å². The fourth-order valence-electron chi connectivity index (χ4n) is 5.66. The Morgan fingerprint density at radius 2 is 1.88 bits per heavy atom. The van der Waals surface area contributed by atoms with E-state index in [2.05, 4.69) is 32.1 Å². The van der Waals surface area contributed by atoms with Crippen molar-refractivity contribution < 1.29 is 9.53 Å². The van der Waals surface area contributed by atoms with E-state index >= 15 is 0 Å². The highest BCUT2D eigenvalue weighted by atomic mass is 16.5. The number of aryl methyl sites for hydroxylation is 3. The lowest BCUT2D eigenvalue weighted by Gasteiger charge is -2.47. The third-order valence-corrected chi connectivity index (χ3v) is 7.90. The van der Waals surface area contributed by atoms with Gasteiger partial charge in [0.2, 0.25) is 5.95 Å². The van der Waals surface area contributed by atoms with Crippen LogP contribution in [0.15, 0.2) is 42.9 Å². The SMILES string of the molecule is Cc1cnn(-c2ccc([C@H](C)N3CCOC4(CCN(c5nc(C)cc(Cc6cc(C)[nH]n6)n5)CC4)C3=O)cn2)c1. The van der Waals surface area contributed by atoms with Crippen LogP contribution in [0.2, 0.25) is 0 Å². The van der Waals surface area contributed by atoms with Crippen LogP contribution >= 0.6 is 0 Å². The van der Waals surface area contributed by atoms with Gasteiger partial charge in [-0.1, -0.05) is 6.07 Å². The molecular weight excluding hydrogens is 506 g/mol. The van der Waals surface area contributed by atoms with Crippen molar-refractivity contribution in [3.63, 3.8) is 0 Å². The zero-order valence-electron chi connectivity index (χ0n) is 23.5. The van der Waals surface area contributed by atoms with E-state index in [1.165, 1.54) is 0 Å². The molecule has 11 nitrogen and oxygen atoms in total. The van der Waals surface area contributed by atoms with Gasteiger partial charge in [0.25, 0.3) is 5.91 Å². The standard InChI is InChI=1S/C29H35N9O2/c1-19-16-31-38(18-19)26-6-5-23(17-30-26)22(4)37-11-12-40-29(27(37)39)7-9-36(10-8-29)28-32-20(2)13-24(33-28)15-25-14-21(3)34-35-25/h5-6,13-14,16-18,22H,7-12,15H2,1-4H3,(H,34,35)/t22-/m0/s1. The number of ether oxygens (including phenoxy) is 1. The average molecular weight is 542 g/mol. The molecule has 1 amide bonds. The molecule has 2 saturated heterocycles. The molecule has 4 aromatic rings. The average Bonchev–Trinajstić information content (AvgIpc) is 3.57. The maximum absolute atomic E-state index is 13.9. The number of hydrogen-bond donors (Lipinski definition) is 1. The highest BCUT2D eigenvalue weighted by molar-refractivity contribution is 5.86. The molecule has 0 aromatic carbocycles. The van der Waals surface area contributed by atoms with Gasteiger partial charge < -0.3 is 14.5 Å². The fourth-order valence-corrected chi connectivity index (χ4v) is 5.66. The van der Waals surface area contributed by atoms with E-state index in [0.717, 1.165) is 39.7 Å². The monoisotopic (exact) mass is 541 g/mol. The normalized spacial score (nSPS) is 17.9. The van der Waals surface area contributed by atoms with E-state index in [0.29, 0.717) is 51.5 Å². The van der Waals surface area contributed by atoms with Crippen molar-refractivity contribution in [3.05, 3.63) is 76.8 Å². The van der Waals surface area contributed by atoms with Gasteiger partial charge in [0, 0.05) is 62.7 Å². The zero-order chi connectivity index (χ0) is 27.9. The molecule has 1 N–H and O–H groups in total. The van der Waals surface area contributed by atoms with Gasteiger partial charge in [0.05, 0.1) is 30.2 Å². The van der Waals surface area contributed by atoms with Crippen LogP contribution in [-0.4, -0.2) is 77.6 Å². The predicted molar refractivity (Wildman–Crippen MR) is 149 cm³/mol. The lowest BCUT2D eigenvalue weighted by molar-refractivity contribution is -0.178. The van der Waals surface area contributed by atoms with Crippen molar-refractivity contribution in [2.45, 2.75) is 58.6 Å². The number of hydrogen-bond acceptors (Lipinski definition) is 8. The summed E-state index contributed by atoms with van der Waals surface area (Å²) >= 11 is 0. The first-order chi connectivity index (χ1) is 19.3. The summed E-state index contributed by atoms with van der Waals surface area (Å²) in [6, 6.07) is 7.90. The number of pyridine rings is 1. The minimum atomic E-state index is -0.817. The second-order valence-corrected chi connectivity index (χ2v) is 10.9. The Bertz CT molecular complexity index is 1500. The predicted octanol–water partition coefficient (Wildman–Crippen LogP) is 3.26. The Morgan fingerprint density at radius 1 is 1.05 bits per heavy atom. The summed E-state index contributed by atoms with van der Waals surface area (Å²) in [6.45, 7) is 10.4. The highest BCUT2D eigenvalue weighted by Gasteiger charge is 2.48. The van der Waals surface area contributed by atoms with E-state index in [-0.39, 0.29) is 11.9 Å². The van der Waals surface area contributed by atoms with Crippen LogP contribution in [0.1, 0.15) is 59.7 Å². The molecule has 0 unspecified atom stereocenters. The molecule has 208 valence electrons. The smallest absolute Gasteiger partial charge is 0.255 e. The Morgan fingerprint density at radius 3 is 2.55 bits per heavy atom. The van der Waals surface area contributed by atoms with Gasteiger partial charge in [0.15, 0.2) is 5.82 Å². The molecule has 0 aliphatic carbocycles. The fraction of sp³-hybridized carbons (Fsp3) is 0.448. The molecule has 4 aromatic heterocycles. The van der Waals surface area contributed by atoms with Gasteiger partial charge in [-0.25, -0.2) is 19.6 Å². The molecule has 0 radical (unpaired) electrons. The molecule has 11 heteroatoms. The lowest BCUT2D eigenvalue weighted by Crippen LogP contribution is -2.61. The number of rotatable bonds is 6. The van der Waals surface area contributed by atoms with Crippen LogP contribution in [0, 0.1) is 20.8 Å². The quantitative estimate of drug-likeness (QED) is 0.395. The number of morpholine rings is 1. The number of amides is 1. The van der Waals surface area contributed by atoms with Gasteiger partial charge in [-0.05, 0) is 57.0 Å². The molecular formula is C29H35N9O2. The molecule has 1 spiro atoms. The molecule has 2 aliphatic rings. The number of nitrogens with zero attached hydrogens (tertiary/aromatic N) is 8. The third-order valence-electron chi connectivity index (χ3n) is 7.90. The highest BCUT2D eigenvalue weighted by Crippen LogP contribution is 2.36. The first-order valence-electron chi connectivity index (χ1n) is 13.8. The van der Waals surface area contributed by atoms with Gasteiger partial charge in [-0.2, -0.15) is 10.2 Å². The van der Waals surface area contributed by atoms with Crippen molar-refractivity contribution in [2.75, 3.05) is 31.1 Å². The van der Waals surface area contributed by atoms with Crippen LogP contribution in [0.25, 0.3) is 5.82 Å². The molecule has 2 aliphatic heterocycles. The molecule has 6 heterocycles. The summed E-state index contributed by atoms with van der Waals surface area (Å²) in [7, 11) is 0. The summed E-state index contributed by atoms with van der Waals surface area (Å²) in [5.74, 6) is 1.50. The van der Waals surface area contributed by atoms with Crippen LogP contribution in [-0.2, 0) is 16.0 Å². The van der Waals surface area contributed by atoms with Crippen LogP contribution in [0.5, 0.6) is 0 Å². The minimum Gasteiger partial charge on any atom is -0.363 e. The van der Waals surface area contributed by atoms with Gasteiger partial charge in [-0.3, -0.25) is 9.89 Å². The second-order valence-electron chi connectivity index (χ2n) is 10.9. The Labute approximate surface area is 233 Å². The zero-order valence-corrected chi connectivity index (χ0v) is 23.5. The summed E-state index contributed by atoms with van der Waals surface area (Å²) in [6.07, 6.45) is 7.42. The Kier molecular flexibility index (Phi) is 6.83. The Balaban J connectivity index is 1.13.